The first-order chi connectivity index (χ1) is 10.8. The fourth-order valence-corrected chi connectivity index (χ4v) is 1.71. The van der Waals surface area contributed by atoms with Crippen LogP contribution in [0.4, 0.5) is 24.8 Å². The highest BCUT2D eigenvalue weighted by molar-refractivity contribution is 5.93. The Morgan fingerprint density at radius 1 is 1.22 bits per heavy atom. The predicted molar refractivity (Wildman–Crippen MR) is 77.1 cm³/mol. The zero-order valence-corrected chi connectivity index (χ0v) is 12.0. The zero-order valence-electron chi connectivity index (χ0n) is 12.0. The van der Waals surface area contributed by atoms with Crippen LogP contribution in [0.15, 0.2) is 42.7 Å². The van der Waals surface area contributed by atoms with Crippen molar-refractivity contribution in [3.05, 3.63) is 42.7 Å². The number of carbonyl (C=O) groups excluding carboxylic acids is 1. The van der Waals surface area contributed by atoms with Gasteiger partial charge < -0.3 is 15.0 Å². The lowest BCUT2D eigenvalue weighted by molar-refractivity contribution is -0.274. The molecule has 122 valence electrons. The van der Waals surface area contributed by atoms with E-state index in [0.29, 0.717) is 11.6 Å². The third-order valence-corrected chi connectivity index (χ3v) is 2.65. The summed E-state index contributed by atoms with van der Waals surface area (Å²) in [4.78, 5) is 21.4. The standard InChI is InChI=1S/C14H13F3N4O2/c1-21(13-18-7-2-8-19-13)9-12(22)20-10-3-5-11(6-4-10)23-14(15,16)17/h2-8H,9H2,1H3,(H,20,22). The second-order valence-corrected chi connectivity index (χ2v) is 4.53. The van der Waals surface area contributed by atoms with Crippen molar-refractivity contribution < 1.29 is 22.7 Å². The molecule has 0 spiro atoms. The maximum absolute atomic E-state index is 12.0. The molecule has 0 radical (unpaired) electrons. The minimum atomic E-state index is -4.75. The van der Waals surface area contributed by atoms with Crippen molar-refractivity contribution in [2.24, 2.45) is 0 Å². The van der Waals surface area contributed by atoms with Crippen LogP contribution in [0.1, 0.15) is 0 Å². The van der Waals surface area contributed by atoms with E-state index in [1.165, 1.54) is 17.0 Å². The maximum atomic E-state index is 12.0. The lowest BCUT2D eigenvalue weighted by Crippen LogP contribution is -2.31. The van der Waals surface area contributed by atoms with E-state index in [-0.39, 0.29) is 18.2 Å². The largest absolute Gasteiger partial charge is 0.573 e. The van der Waals surface area contributed by atoms with Crippen molar-refractivity contribution in [2.45, 2.75) is 6.36 Å². The van der Waals surface area contributed by atoms with Gasteiger partial charge in [-0.05, 0) is 30.3 Å². The van der Waals surface area contributed by atoms with E-state index in [9.17, 15) is 18.0 Å². The van der Waals surface area contributed by atoms with Crippen LogP contribution < -0.4 is 15.0 Å². The van der Waals surface area contributed by atoms with Gasteiger partial charge >= 0.3 is 6.36 Å². The average Bonchev–Trinajstić information content (AvgIpc) is 2.48. The summed E-state index contributed by atoms with van der Waals surface area (Å²) in [5.74, 6) is -0.327. The Hall–Kier alpha value is -2.84. The number of alkyl halides is 3. The highest BCUT2D eigenvalue weighted by Gasteiger charge is 2.30. The normalized spacial score (nSPS) is 11.0. The molecule has 0 bridgehead atoms. The van der Waals surface area contributed by atoms with Crippen molar-refractivity contribution in [2.75, 3.05) is 23.8 Å². The highest BCUT2D eigenvalue weighted by atomic mass is 19.4. The van der Waals surface area contributed by atoms with Gasteiger partial charge in [0.1, 0.15) is 5.75 Å². The van der Waals surface area contributed by atoms with Crippen LogP contribution in [0.3, 0.4) is 0 Å². The summed E-state index contributed by atoms with van der Waals surface area (Å²) in [6, 6.07) is 6.53. The molecule has 1 amide bonds. The Kier molecular flexibility index (Phi) is 4.99. The Morgan fingerprint density at radius 2 is 1.83 bits per heavy atom. The third-order valence-electron chi connectivity index (χ3n) is 2.65. The molecule has 0 unspecified atom stereocenters. The molecule has 9 heteroatoms. The first kappa shape index (κ1) is 16.5. The van der Waals surface area contributed by atoms with E-state index < -0.39 is 6.36 Å². The summed E-state index contributed by atoms with van der Waals surface area (Å²) >= 11 is 0. The van der Waals surface area contributed by atoms with Crippen molar-refractivity contribution in [1.82, 2.24) is 9.97 Å². The molecule has 0 saturated heterocycles. The van der Waals surface area contributed by atoms with Gasteiger partial charge in [-0.2, -0.15) is 0 Å². The maximum Gasteiger partial charge on any atom is 0.573 e. The number of rotatable bonds is 5. The molecule has 23 heavy (non-hydrogen) atoms. The number of likely N-dealkylation sites (N-methyl/N-ethyl adjacent to an activating group) is 1. The average molecular weight is 326 g/mol. The van der Waals surface area contributed by atoms with Crippen molar-refractivity contribution >= 4 is 17.5 Å². The number of halogens is 3. The number of amides is 1. The summed E-state index contributed by atoms with van der Waals surface area (Å²) in [5.41, 5.74) is 0.354. The molecule has 1 N–H and O–H groups in total. The molecule has 2 aromatic rings. The van der Waals surface area contributed by atoms with Crippen molar-refractivity contribution in [3.63, 3.8) is 0 Å². The van der Waals surface area contributed by atoms with Gasteiger partial charge in [0.25, 0.3) is 0 Å². The molecule has 1 aromatic carbocycles. The van der Waals surface area contributed by atoms with Gasteiger partial charge in [-0.3, -0.25) is 4.79 Å². The lowest BCUT2D eigenvalue weighted by Gasteiger charge is -2.16. The topological polar surface area (TPSA) is 67.4 Å². The van der Waals surface area contributed by atoms with Crippen LogP contribution in [0, 0.1) is 0 Å². The van der Waals surface area contributed by atoms with Crippen LogP contribution in [-0.2, 0) is 4.79 Å². The molecule has 0 aliphatic heterocycles. The Labute approximate surface area is 129 Å². The summed E-state index contributed by atoms with van der Waals surface area (Å²) < 4.78 is 39.9. The minimum absolute atomic E-state index is 0.00911. The lowest BCUT2D eigenvalue weighted by atomic mass is 10.3. The molecule has 0 aliphatic rings. The summed E-state index contributed by atoms with van der Waals surface area (Å²) in [6.45, 7) is -0.00911. The Balaban J connectivity index is 1.90. The van der Waals surface area contributed by atoms with E-state index in [1.807, 2.05) is 0 Å². The van der Waals surface area contributed by atoms with Gasteiger partial charge in [-0.25, -0.2) is 9.97 Å². The quantitative estimate of drug-likeness (QED) is 0.914. The predicted octanol–water partition coefficient (Wildman–Crippen LogP) is 2.45. The number of benzene rings is 1. The van der Waals surface area contributed by atoms with E-state index in [4.69, 9.17) is 0 Å². The van der Waals surface area contributed by atoms with Gasteiger partial charge in [-0.15, -0.1) is 13.2 Å². The molecule has 0 fully saturated rings. The Morgan fingerprint density at radius 3 is 2.39 bits per heavy atom. The molecular weight excluding hydrogens is 313 g/mol. The smallest absolute Gasteiger partial charge is 0.406 e. The van der Waals surface area contributed by atoms with Crippen LogP contribution >= 0.6 is 0 Å². The number of anilines is 2. The van der Waals surface area contributed by atoms with Crippen LogP contribution in [0.2, 0.25) is 0 Å². The third kappa shape index (κ3) is 5.46. The van der Waals surface area contributed by atoms with E-state index in [0.717, 1.165) is 12.1 Å². The van der Waals surface area contributed by atoms with Crippen molar-refractivity contribution in [3.8, 4) is 5.75 Å². The molecule has 0 aliphatic carbocycles. The van der Waals surface area contributed by atoms with E-state index in [2.05, 4.69) is 20.0 Å². The van der Waals surface area contributed by atoms with E-state index >= 15 is 0 Å². The molecule has 2 rings (SSSR count). The first-order valence-electron chi connectivity index (χ1n) is 6.47. The zero-order chi connectivity index (χ0) is 16.9. The van der Waals surface area contributed by atoms with Crippen LogP contribution in [0.5, 0.6) is 5.75 Å². The molecule has 6 nitrogen and oxygen atoms in total. The second kappa shape index (κ2) is 6.95. The molecular formula is C14H13F3N4O2. The summed E-state index contributed by atoms with van der Waals surface area (Å²) in [5, 5.41) is 2.56. The number of ether oxygens (including phenoxy) is 1. The number of nitrogens with zero attached hydrogens (tertiary/aromatic N) is 3. The number of aromatic nitrogens is 2. The highest BCUT2D eigenvalue weighted by Crippen LogP contribution is 2.23. The summed E-state index contributed by atoms with van der Waals surface area (Å²) in [7, 11) is 1.65. The fourth-order valence-electron chi connectivity index (χ4n) is 1.71. The fraction of sp³-hybridized carbons (Fsp3) is 0.214. The van der Waals surface area contributed by atoms with Crippen LogP contribution in [0.25, 0.3) is 0 Å². The van der Waals surface area contributed by atoms with Gasteiger partial charge in [0.05, 0.1) is 6.54 Å². The molecule has 0 saturated carbocycles. The summed E-state index contributed by atoms with van der Waals surface area (Å²) in [6.07, 6.45) is -1.64. The molecule has 1 heterocycles. The number of carbonyl (C=O) groups is 1. The minimum Gasteiger partial charge on any atom is -0.406 e. The van der Waals surface area contributed by atoms with E-state index in [1.54, 1.807) is 25.5 Å². The van der Waals surface area contributed by atoms with Crippen LogP contribution in [-0.4, -0.2) is 35.8 Å². The number of hydrogen-bond acceptors (Lipinski definition) is 5. The van der Waals surface area contributed by atoms with Gasteiger partial charge in [-0.1, -0.05) is 0 Å². The van der Waals surface area contributed by atoms with Gasteiger partial charge in [0, 0.05) is 25.1 Å². The molecule has 0 atom stereocenters. The van der Waals surface area contributed by atoms with Gasteiger partial charge in [0.15, 0.2) is 0 Å². The second-order valence-electron chi connectivity index (χ2n) is 4.53. The first-order valence-corrected chi connectivity index (χ1v) is 6.47. The SMILES string of the molecule is CN(CC(=O)Nc1ccc(OC(F)(F)F)cc1)c1ncccn1. The molecule has 1 aromatic heterocycles. The van der Waals surface area contributed by atoms with Gasteiger partial charge in [0.2, 0.25) is 11.9 Å². The number of nitrogens with one attached hydrogen (secondary N) is 1. The Bertz CT molecular complexity index is 647. The number of hydrogen-bond donors (Lipinski definition) is 1. The van der Waals surface area contributed by atoms with Crippen molar-refractivity contribution in [1.29, 1.82) is 0 Å². The monoisotopic (exact) mass is 326 g/mol.